The monoisotopic (exact) mass is 308 g/mol. The number of hydrogen-bond acceptors (Lipinski definition) is 2. The second-order valence-corrected chi connectivity index (χ2v) is 5.75. The molecular formula is C14H13BrOS. The fourth-order valence-corrected chi connectivity index (χ4v) is 3.03. The highest BCUT2D eigenvalue weighted by atomic mass is 79.9. The molecule has 0 aliphatic rings. The Kier molecular flexibility index (Phi) is 4.26. The number of aliphatic hydroxyl groups excluding tert-OH is 1. The summed E-state index contributed by atoms with van der Waals surface area (Å²) in [6.45, 7) is 2.13. The first-order valence-corrected chi connectivity index (χ1v) is 6.94. The van der Waals surface area contributed by atoms with E-state index in [1.165, 1.54) is 9.79 Å². The van der Waals surface area contributed by atoms with Gasteiger partial charge in [0.05, 0.1) is 6.61 Å². The quantitative estimate of drug-likeness (QED) is 0.907. The van der Waals surface area contributed by atoms with Crippen LogP contribution in [0.5, 0.6) is 0 Å². The van der Waals surface area contributed by atoms with E-state index < -0.39 is 0 Å². The maximum Gasteiger partial charge on any atom is 0.0684 e. The van der Waals surface area contributed by atoms with E-state index in [0.29, 0.717) is 0 Å². The van der Waals surface area contributed by atoms with Crippen molar-refractivity contribution in [3.63, 3.8) is 0 Å². The van der Waals surface area contributed by atoms with Gasteiger partial charge in [0, 0.05) is 14.3 Å². The average molecular weight is 309 g/mol. The molecule has 1 N–H and O–H groups in total. The van der Waals surface area contributed by atoms with Gasteiger partial charge in [-0.2, -0.15) is 0 Å². The second kappa shape index (κ2) is 5.71. The Morgan fingerprint density at radius 1 is 1.18 bits per heavy atom. The van der Waals surface area contributed by atoms with Crippen LogP contribution in [0.4, 0.5) is 0 Å². The van der Waals surface area contributed by atoms with Gasteiger partial charge in [-0.3, -0.25) is 0 Å². The Morgan fingerprint density at radius 2 is 1.94 bits per heavy atom. The number of halogens is 1. The Balaban J connectivity index is 2.25. The molecule has 2 aromatic rings. The van der Waals surface area contributed by atoms with E-state index in [9.17, 15) is 0 Å². The number of rotatable bonds is 3. The average Bonchev–Trinajstić information content (AvgIpc) is 2.32. The van der Waals surface area contributed by atoms with Gasteiger partial charge < -0.3 is 5.11 Å². The first-order valence-electron chi connectivity index (χ1n) is 5.33. The molecule has 0 bridgehead atoms. The summed E-state index contributed by atoms with van der Waals surface area (Å²) in [4.78, 5) is 2.38. The first kappa shape index (κ1) is 12.7. The topological polar surface area (TPSA) is 20.2 Å². The van der Waals surface area contributed by atoms with E-state index in [2.05, 4.69) is 28.1 Å². The SMILES string of the molecule is Cc1cc(Sc2ccccc2Br)ccc1CO. The van der Waals surface area contributed by atoms with Crippen LogP contribution in [0.25, 0.3) is 0 Å². The molecule has 2 rings (SSSR count). The molecule has 0 heterocycles. The molecule has 0 spiro atoms. The lowest BCUT2D eigenvalue weighted by Crippen LogP contribution is -1.88. The van der Waals surface area contributed by atoms with Crippen LogP contribution < -0.4 is 0 Å². The van der Waals surface area contributed by atoms with Crippen LogP contribution >= 0.6 is 27.7 Å². The minimum absolute atomic E-state index is 0.103. The minimum atomic E-state index is 0.103. The maximum atomic E-state index is 9.13. The summed E-state index contributed by atoms with van der Waals surface area (Å²) >= 11 is 5.26. The van der Waals surface area contributed by atoms with Crippen LogP contribution in [0.15, 0.2) is 56.7 Å². The summed E-state index contributed by atoms with van der Waals surface area (Å²) in [6.07, 6.45) is 0. The van der Waals surface area contributed by atoms with Gasteiger partial charge in [-0.25, -0.2) is 0 Å². The molecule has 3 heteroatoms. The Bertz CT molecular complexity index is 525. The van der Waals surface area contributed by atoms with Crippen molar-refractivity contribution in [2.24, 2.45) is 0 Å². The maximum absolute atomic E-state index is 9.13. The molecule has 0 aliphatic heterocycles. The van der Waals surface area contributed by atoms with Gasteiger partial charge in [-0.1, -0.05) is 30.0 Å². The summed E-state index contributed by atoms with van der Waals surface area (Å²) in [7, 11) is 0. The van der Waals surface area contributed by atoms with Gasteiger partial charge in [0.15, 0.2) is 0 Å². The molecule has 0 aromatic heterocycles. The lowest BCUT2D eigenvalue weighted by atomic mass is 10.1. The highest BCUT2D eigenvalue weighted by molar-refractivity contribution is 9.10. The molecule has 0 amide bonds. The van der Waals surface area contributed by atoms with Gasteiger partial charge in [-0.15, -0.1) is 0 Å². The summed E-state index contributed by atoms with van der Waals surface area (Å²) in [5.74, 6) is 0. The van der Waals surface area contributed by atoms with Crippen LogP contribution in [0, 0.1) is 6.92 Å². The number of aliphatic hydroxyl groups is 1. The molecule has 0 saturated carbocycles. The van der Waals surface area contributed by atoms with Gasteiger partial charge in [0.1, 0.15) is 0 Å². The van der Waals surface area contributed by atoms with Gasteiger partial charge in [0.2, 0.25) is 0 Å². The molecule has 0 saturated heterocycles. The molecule has 0 fully saturated rings. The molecule has 0 unspecified atom stereocenters. The van der Waals surface area contributed by atoms with Crippen molar-refractivity contribution in [3.8, 4) is 0 Å². The van der Waals surface area contributed by atoms with E-state index >= 15 is 0 Å². The van der Waals surface area contributed by atoms with E-state index in [1.54, 1.807) is 11.8 Å². The summed E-state index contributed by atoms with van der Waals surface area (Å²) < 4.78 is 1.11. The fraction of sp³-hybridized carbons (Fsp3) is 0.143. The standard InChI is InChI=1S/C14H13BrOS/c1-10-8-12(7-6-11(10)9-16)17-14-5-3-2-4-13(14)15/h2-8,16H,9H2,1H3. The zero-order valence-corrected chi connectivity index (χ0v) is 11.9. The Hall–Kier alpha value is -0.770. The van der Waals surface area contributed by atoms with Crippen LogP contribution in [0.2, 0.25) is 0 Å². The van der Waals surface area contributed by atoms with Crippen molar-refractivity contribution in [1.82, 2.24) is 0 Å². The normalized spacial score (nSPS) is 10.5. The van der Waals surface area contributed by atoms with Crippen LogP contribution in [0.3, 0.4) is 0 Å². The van der Waals surface area contributed by atoms with Crippen molar-refractivity contribution in [2.75, 3.05) is 0 Å². The lowest BCUT2D eigenvalue weighted by molar-refractivity contribution is 0.281. The number of hydrogen-bond donors (Lipinski definition) is 1. The molecular weight excluding hydrogens is 296 g/mol. The fourth-order valence-electron chi connectivity index (χ4n) is 1.56. The van der Waals surface area contributed by atoms with Crippen LogP contribution in [0.1, 0.15) is 11.1 Å². The van der Waals surface area contributed by atoms with Crippen molar-refractivity contribution in [2.45, 2.75) is 23.3 Å². The smallest absolute Gasteiger partial charge is 0.0684 e. The summed E-state index contributed by atoms with van der Waals surface area (Å²) in [5.41, 5.74) is 2.12. The van der Waals surface area contributed by atoms with E-state index in [1.807, 2.05) is 37.3 Å². The molecule has 88 valence electrons. The largest absolute Gasteiger partial charge is 0.392 e. The molecule has 0 aliphatic carbocycles. The summed E-state index contributed by atoms with van der Waals surface area (Å²) in [5, 5.41) is 9.13. The first-order chi connectivity index (χ1) is 8.20. The second-order valence-electron chi connectivity index (χ2n) is 3.78. The molecule has 0 atom stereocenters. The van der Waals surface area contributed by atoms with E-state index in [0.717, 1.165) is 15.6 Å². The highest BCUT2D eigenvalue weighted by Gasteiger charge is 2.03. The molecule has 2 aromatic carbocycles. The van der Waals surface area contributed by atoms with Gasteiger partial charge >= 0.3 is 0 Å². The predicted molar refractivity (Wildman–Crippen MR) is 75.4 cm³/mol. The summed E-state index contributed by atoms with van der Waals surface area (Å²) in [6, 6.07) is 14.3. The number of aryl methyl sites for hydroxylation is 1. The van der Waals surface area contributed by atoms with E-state index in [4.69, 9.17) is 5.11 Å². The zero-order chi connectivity index (χ0) is 12.3. The Labute approximate surface area is 114 Å². The third-order valence-corrected chi connectivity index (χ3v) is 4.57. The minimum Gasteiger partial charge on any atom is -0.392 e. The number of benzene rings is 2. The molecule has 0 radical (unpaired) electrons. The van der Waals surface area contributed by atoms with E-state index in [-0.39, 0.29) is 6.61 Å². The van der Waals surface area contributed by atoms with Crippen molar-refractivity contribution >= 4 is 27.7 Å². The van der Waals surface area contributed by atoms with Crippen molar-refractivity contribution < 1.29 is 5.11 Å². The third kappa shape index (κ3) is 3.12. The lowest BCUT2D eigenvalue weighted by Gasteiger charge is -2.07. The van der Waals surface area contributed by atoms with Gasteiger partial charge in [0.25, 0.3) is 0 Å². The third-order valence-electron chi connectivity index (χ3n) is 2.55. The molecule has 17 heavy (non-hydrogen) atoms. The highest BCUT2D eigenvalue weighted by Crippen LogP contribution is 2.33. The van der Waals surface area contributed by atoms with Gasteiger partial charge in [-0.05, 0) is 58.2 Å². The van der Waals surface area contributed by atoms with Crippen LogP contribution in [-0.2, 0) is 6.61 Å². The van der Waals surface area contributed by atoms with Crippen LogP contribution in [-0.4, -0.2) is 5.11 Å². The Morgan fingerprint density at radius 3 is 2.59 bits per heavy atom. The molecule has 1 nitrogen and oxygen atoms in total. The van der Waals surface area contributed by atoms with Crippen molar-refractivity contribution in [1.29, 1.82) is 0 Å². The zero-order valence-electron chi connectivity index (χ0n) is 9.48. The van der Waals surface area contributed by atoms with Crippen molar-refractivity contribution in [3.05, 3.63) is 58.1 Å². The predicted octanol–water partition coefficient (Wildman–Crippen LogP) is 4.40.